The van der Waals surface area contributed by atoms with E-state index in [1.807, 2.05) is 0 Å². The molecule has 0 atom stereocenters. The summed E-state index contributed by atoms with van der Waals surface area (Å²) in [5.41, 5.74) is 0.877. The van der Waals surface area contributed by atoms with Gasteiger partial charge >= 0.3 is 0 Å². The van der Waals surface area contributed by atoms with Gasteiger partial charge in [-0.05, 0) is 30.7 Å². The largest absolute Gasteiger partial charge is 0.352 e. The van der Waals surface area contributed by atoms with Gasteiger partial charge in [0.2, 0.25) is 15.9 Å². The molecule has 0 spiro atoms. The SMILES string of the molecule is CC(=O)NCc1ccc(S(=O)(=O)N2CCCNCC2)cc1. The van der Waals surface area contributed by atoms with Crippen molar-refractivity contribution in [3.63, 3.8) is 0 Å². The number of carbonyl (C=O) groups is 1. The summed E-state index contributed by atoms with van der Waals surface area (Å²) in [6.07, 6.45) is 0.819. The van der Waals surface area contributed by atoms with Crippen molar-refractivity contribution in [3.8, 4) is 0 Å². The van der Waals surface area contributed by atoms with Crippen molar-refractivity contribution in [2.45, 2.75) is 24.8 Å². The second-order valence-electron chi connectivity index (χ2n) is 5.06. The van der Waals surface area contributed by atoms with E-state index in [1.165, 1.54) is 11.2 Å². The standard InChI is InChI=1S/C14H21N3O3S/c1-12(18)16-11-13-3-5-14(6-4-13)21(19,20)17-9-2-7-15-8-10-17/h3-6,15H,2,7-11H2,1H3,(H,16,18). The summed E-state index contributed by atoms with van der Waals surface area (Å²) in [4.78, 5) is 11.2. The third kappa shape index (κ3) is 4.26. The van der Waals surface area contributed by atoms with Crippen LogP contribution in [0.3, 0.4) is 0 Å². The van der Waals surface area contributed by atoms with Gasteiger partial charge in [-0.3, -0.25) is 4.79 Å². The van der Waals surface area contributed by atoms with E-state index in [0.29, 0.717) is 31.1 Å². The predicted molar refractivity (Wildman–Crippen MR) is 80.2 cm³/mol. The number of hydrogen-bond donors (Lipinski definition) is 2. The molecule has 1 aromatic carbocycles. The Morgan fingerprint density at radius 3 is 2.62 bits per heavy atom. The fourth-order valence-corrected chi connectivity index (χ4v) is 3.70. The lowest BCUT2D eigenvalue weighted by Crippen LogP contribution is -2.34. The number of nitrogens with one attached hydrogen (secondary N) is 2. The molecule has 1 aliphatic heterocycles. The normalized spacial score (nSPS) is 17.2. The quantitative estimate of drug-likeness (QED) is 0.839. The summed E-state index contributed by atoms with van der Waals surface area (Å²) in [6.45, 7) is 4.43. The molecule has 0 aliphatic carbocycles. The third-order valence-corrected chi connectivity index (χ3v) is 5.31. The fourth-order valence-electron chi connectivity index (χ4n) is 2.22. The summed E-state index contributed by atoms with van der Waals surface area (Å²) in [6, 6.07) is 6.67. The first-order valence-corrected chi connectivity index (χ1v) is 8.48. The van der Waals surface area contributed by atoms with Gasteiger partial charge in [0, 0.05) is 33.1 Å². The molecule has 7 heteroatoms. The van der Waals surface area contributed by atoms with Gasteiger partial charge in [0.25, 0.3) is 0 Å². The topological polar surface area (TPSA) is 78.5 Å². The van der Waals surface area contributed by atoms with Crippen molar-refractivity contribution in [2.75, 3.05) is 26.2 Å². The monoisotopic (exact) mass is 311 g/mol. The minimum atomic E-state index is -3.43. The first kappa shape index (κ1) is 15.9. The van der Waals surface area contributed by atoms with Gasteiger partial charge < -0.3 is 10.6 Å². The Hall–Kier alpha value is -1.44. The van der Waals surface area contributed by atoms with E-state index >= 15 is 0 Å². The van der Waals surface area contributed by atoms with E-state index < -0.39 is 10.0 Å². The van der Waals surface area contributed by atoms with Gasteiger partial charge in [-0.15, -0.1) is 0 Å². The van der Waals surface area contributed by atoms with Gasteiger partial charge in [-0.1, -0.05) is 12.1 Å². The molecule has 1 aromatic rings. The molecule has 1 aliphatic rings. The summed E-state index contributed by atoms with van der Waals surface area (Å²) in [5.74, 6) is -0.108. The van der Waals surface area contributed by atoms with Crippen LogP contribution >= 0.6 is 0 Å². The van der Waals surface area contributed by atoms with Gasteiger partial charge in [-0.2, -0.15) is 4.31 Å². The van der Waals surface area contributed by atoms with Gasteiger partial charge in [0.1, 0.15) is 0 Å². The first-order valence-electron chi connectivity index (χ1n) is 7.04. The molecule has 21 heavy (non-hydrogen) atoms. The smallest absolute Gasteiger partial charge is 0.243 e. The number of sulfonamides is 1. The highest BCUT2D eigenvalue weighted by Gasteiger charge is 2.24. The molecule has 0 bridgehead atoms. The van der Waals surface area contributed by atoms with E-state index in [0.717, 1.165) is 18.5 Å². The Kier molecular flexibility index (Phi) is 5.33. The zero-order valence-corrected chi connectivity index (χ0v) is 12.9. The van der Waals surface area contributed by atoms with Crippen LogP contribution in [-0.2, 0) is 21.4 Å². The van der Waals surface area contributed by atoms with Crippen molar-refractivity contribution in [2.24, 2.45) is 0 Å². The van der Waals surface area contributed by atoms with Crippen molar-refractivity contribution < 1.29 is 13.2 Å². The highest BCUT2D eigenvalue weighted by molar-refractivity contribution is 7.89. The predicted octanol–water partition coefficient (Wildman–Crippen LogP) is 0.307. The summed E-state index contributed by atoms with van der Waals surface area (Å²) in [5, 5.41) is 5.88. The summed E-state index contributed by atoms with van der Waals surface area (Å²) >= 11 is 0. The number of benzene rings is 1. The molecule has 0 radical (unpaired) electrons. The lowest BCUT2D eigenvalue weighted by molar-refractivity contribution is -0.119. The number of nitrogens with zero attached hydrogens (tertiary/aromatic N) is 1. The molecule has 116 valence electrons. The van der Waals surface area contributed by atoms with Crippen molar-refractivity contribution >= 4 is 15.9 Å². The van der Waals surface area contributed by atoms with E-state index in [2.05, 4.69) is 10.6 Å². The van der Waals surface area contributed by atoms with Crippen LogP contribution in [0.1, 0.15) is 18.9 Å². The summed E-state index contributed by atoms with van der Waals surface area (Å²) < 4.78 is 26.6. The molecule has 2 rings (SSSR count). The second kappa shape index (κ2) is 7.02. The minimum Gasteiger partial charge on any atom is -0.352 e. The van der Waals surface area contributed by atoms with E-state index in [9.17, 15) is 13.2 Å². The Morgan fingerprint density at radius 2 is 1.95 bits per heavy atom. The van der Waals surface area contributed by atoms with Gasteiger partial charge in [0.15, 0.2) is 0 Å². The van der Waals surface area contributed by atoms with E-state index in [-0.39, 0.29) is 5.91 Å². The molecule has 1 saturated heterocycles. The maximum Gasteiger partial charge on any atom is 0.243 e. The maximum absolute atomic E-state index is 12.5. The van der Waals surface area contributed by atoms with Crippen LogP contribution in [0, 0.1) is 0 Å². The first-order chi connectivity index (χ1) is 10.00. The van der Waals surface area contributed by atoms with Crippen LogP contribution in [0.2, 0.25) is 0 Å². The molecule has 1 amide bonds. The molecule has 6 nitrogen and oxygen atoms in total. The fraction of sp³-hybridized carbons (Fsp3) is 0.500. The molecule has 0 saturated carbocycles. The number of amides is 1. The van der Waals surface area contributed by atoms with Crippen LogP contribution in [-0.4, -0.2) is 44.8 Å². The number of hydrogen-bond acceptors (Lipinski definition) is 4. The number of rotatable bonds is 4. The highest BCUT2D eigenvalue weighted by atomic mass is 32.2. The molecule has 2 N–H and O–H groups in total. The van der Waals surface area contributed by atoms with Crippen LogP contribution in [0.15, 0.2) is 29.2 Å². The van der Waals surface area contributed by atoms with Crippen LogP contribution in [0.5, 0.6) is 0 Å². The van der Waals surface area contributed by atoms with E-state index in [1.54, 1.807) is 24.3 Å². The molecule has 1 fully saturated rings. The molecule has 1 heterocycles. The zero-order chi connectivity index (χ0) is 15.3. The maximum atomic E-state index is 12.5. The average Bonchev–Trinajstić information content (AvgIpc) is 2.75. The van der Waals surface area contributed by atoms with Crippen molar-refractivity contribution in [3.05, 3.63) is 29.8 Å². The van der Waals surface area contributed by atoms with Crippen LogP contribution in [0.25, 0.3) is 0 Å². The molecular formula is C14H21N3O3S. The Bertz CT molecular complexity index is 576. The second-order valence-corrected chi connectivity index (χ2v) is 7.00. The lowest BCUT2D eigenvalue weighted by atomic mass is 10.2. The Labute approximate surface area is 125 Å². The summed E-state index contributed by atoms with van der Waals surface area (Å²) in [7, 11) is -3.43. The number of carbonyl (C=O) groups excluding carboxylic acids is 1. The third-order valence-electron chi connectivity index (χ3n) is 3.40. The Morgan fingerprint density at radius 1 is 1.24 bits per heavy atom. The van der Waals surface area contributed by atoms with Gasteiger partial charge in [0.05, 0.1) is 4.90 Å². The van der Waals surface area contributed by atoms with Crippen LogP contribution < -0.4 is 10.6 Å². The highest BCUT2D eigenvalue weighted by Crippen LogP contribution is 2.17. The zero-order valence-electron chi connectivity index (χ0n) is 12.1. The van der Waals surface area contributed by atoms with Gasteiger partial charge in [-0.25, -0.2) is 8.42 Å². The lowest BCUT2D eigenvalue weighted by Gasteiger charge is -2.19. The van der Waals surface area contributed by atoms with Crippen molar-refractivity contribution in [1.29, 1.82) is 0 Å². The molecular weight excluding hydrogens is 290 g/mol. The van der Waals surface area contributed by atoms with Crippen LogP contribution in [0.4, 0.5) is 0 Å². The van der Waals surface area contributed by atoms with Crippen molar-refractivity contribution in [1.82, 2.24) is 14.9 Å². The molecule has 0 unspecified atom stereocenters. The minimum absolute atomic E-state index is 0.108. The average molecular weight is 311 g/mol. The molecule has 0 aromatic heterocycles. The Balaban J connectivity index is 2.10. The van der Waals surface area contributed by atoms with E-state index in [4.69, 9.17) is 0 Å².